The van der Waals surface area contributed by atoms with E-state index in [1.54, 1.807) is 12.1 Å². The normalized spacial score (nSPS) is 24.7. The van der Waals surface area contributed by atoms with Crippen LogP contribution in [-0.4, -0.2) is 109 Å². The molecule has 1 aromatic rings. The molecule has 0 aromatic heterocycles. The lowest BCUT2D eigenvalue weighted by Gasteiger charge is -2.42. The maximum atomic E-state index is 13.2. The van der Waals surface area contributed by atoms with E-state index in [-0.39, 0.29) is 56.0 Å². The lowest BCUT2D eigenvalue weighted by Crippen LogP contribution is -2.54. The molecule has 6 rings (SSSR count). The van der Waals surface area contributed by atoms with Gasteiger partial charge in [-0.3, -0.25) is 34.3 Å². The number of halogens is 3. The van der Waals surface area contributed by atoms with Crippen molar-refractivity contribution in [2.24, 2.45) is 5.92 Å². The second-order valence-corrected chi connectivity index (χ2v) is 11.4. The maximum absolute atomic E-state index is 13.2. The number of carbonyl (C=O) groups is 4. The standard InChI is InChI=1S/C28H38N6O4.3ClH/c35-25-4-3-24(26(36)30-25)34-27(37)22-2-1-21(17-23(22)28(34)38)33-15-13-31(14-16-33)18-19-7-11-32(12-8-19)20-5-9-29-10-6-20;;;/h1-2,17,19-20,24,29H,3-16,18H2,(H,30,35,36);3*1H. The number of imide groups is 2. The minimum atomic E-state index is -0.932. The first kappa shape index (κ1) is 33.6. The molecule has 228 valence electrons. The Bertz CT molecular complexity index is 1120. The van der Waals surface area contributed by atoms with Crippen LogP contribution in [0.25, 0.3) is 0 Å². The van der Waals surface area contributed by atoms with Gasteiger partial charge in [0.15, 0.2) is 0 Å². The number of anilines is 1. The fourth-order valence-corrected chi connectivity index (χ4v) is 6.88. The molecule has 10 nitrogen and oxygen atoms in total. The zero-order valence-corrected chi connectivity index (χ0v) is 25.7. The van der Waals surface area contributed by atoms with Gasteiger partial charge in [0.25, 0.3) is 11.8 Å². The second-order valence-electron chi connectivity index (χ2n) is 11.4. The number of carbonyl (C=O) groups excluding carboxylic acids is 4. The summed E-state index contributed by atoms with van der Waals surface area (Å²) in [6, 6.07) is 5.25. The number of hydrogen-bond donors (Lipinski definition) is 2. The van der Waals surface area contributed by atoms with Crippen LogP contribution in [0.1, 0.15) is 59.2 Å². The summed E-state index contributed by atoms with van der Waals surface area (Å²) in [7, 11) is 0. The monoisotopic (exact) mass is 630 g/mol. The average Bonchev–Trinajstić information content (AvgIpc) is 3.19. The van der Waals surface area contributed by atoms with Crippen molar-refractivity contribution in [3.8, 4) is 0 Å². The van der Waals surface area contributed by atoms with E-state index < -0.39 is 23.8 Å². The SMILES string of the molecule is Cl.Cl.Cl.O=C1CCC(N2C(=O)c3ccc(N4CCN(CC5CCN(C6CCNCC6)CC5)CC4)cc3C2=O)C(=O)N1. The molecule has 0 spiro atoms. The van der Waals surface area contributed by atoms with Gasteiger partial charge in [-0.25, -0.2) is 0 Å². The molecule has 0 radical (unpaired) electrons. The van der Waals surface area contributed by atoms with Crippen LogP contribution < -0.4 is 15.5 Å². The zero-order valence-electron chi connectivity index (χ0n) is 23.2. The summed E-state index contributed by atoms with van der Waals surface area (Å²) in [5.74, 6) is -1.09. The van der Waals surface area contributed by atoms with Crippen molar-refractivity contribution in [2.75, 3.05) is 63.8 Å². The van der Waals surface area contributed by atoms with Crippen LogP contribution >= 0.6 is 37.2 Å². The molecule has 1 atom stereocenters. The molecule has 4 saturated heterocycles. The summed E-state index contributed by atoms with van der Waals surface area (Å²) in [4.78, 5) is 58.6. The highest BCUT2D eigenvalue weighted by atomic mass is 35.5. The first-order valence-electron chi connectivity index (χ1n) is 14.3. The van der Waals surface area contributed by atoms with Gasteiger partial charge < -0.3 is 15.1 Å². The van der Waals surface area contributed by atoms with Gasteiger partial charge in [-0.2, -0.15) is 0 Å². The second kappa shape index (κ2) is 14.5. The van der Waals surface area contributed by atoms with Crippen molar-refractivity contribution in [1.29, 1.82) is 0 Å². The van der Waals surface area contributed by atoms with Crippen molar-refractivity contribution in [2.45, 2.75) is 50.6 Å². The molecule has 0 aliphatic carbocycles. The van der Waals surface area contributed by atoms with E-state index in [0.29, 0.717) is 11.1 Å². The van der Waals surface area contributed by atoms with E-state index in [4.69, 9.17) is 0 Å². The molecule has 0 bridgehead atoms. The lowest BCUT2D eigenvalue weighted by atomic mass is 9.93. The molecular formula is C28H41Cl3N6O4. The Balaban J connectivity index is 0.00000154. The Morgan fingerprint density at radius 1 is 0.756 bits per heavy atom. The third-order valence-corrected chi connectivity index (χ3v) is 9.15. The van der Waals surface area contributed by atoms with E-state index >= 15 is 0 Å². The van der Waals surface area contributed by atoms with Gasteiger partial charge in [0.05, 0.1) is 11.1 Å². The number of benzene rings is 1. The van der Waals surface area contributed by atoms with E-state index in [1.807, 2.05) is 6.07 Å². The number of nitrogens with zero attached hydrogens (tertiary/aromatic N) is 4. The Morgan fingerprint density at radius 2 is 1.41 bits per heavy atom. The highest BCUT2D eigenvalue weighted by Gasteiger charge is 2.44. The van der Waals surface area contributed by atoms with Crippen LogP contribution in [0, 0.1) is 5.92 Å². The van der Waals surface area contributed by atoms with E-state index in [2.05, 4.69) is 25.3 Å². The van der Waals surface area contributed by atoms with Gasteiger partial charge in [-0.05, 0) is 82.4 Å². The average molecular weight is 632 g/mol. The first-order valence-corrected chi connectivity index (χ1v) is 14.3. The minimum absolute atomic E-state index is 0. The maximum Gasteiger partial charge on any atom is 0.262 e. The van der Waals surface area contributed by atoms with Crippen molar-refractivity contribution in [1.82, 2.24) is 25.3 Å². The van der Waals surface area contributed by atoms with Gasteiger partial charge in [-0.1, -0.05) is 0 Å². The molecule has 13 heteroatoms. The summed E-state index contributed by atoms with van der Waals surface area (Å²) >= 11 is 0. The smallest absolute Gasteiger partial charge is 0.262 e. The summed E-state index contributed by atoms with van der Waals surface area (Å²) in [5, 5.41) is 5.72. The lowest BCUT2D eigenvalue weighted by molar-refractivity contribution is -0.136. The molecule has 1 aromatic carbocycles. The fourth-order valence-electron chi connectivity index (χ4n) is 6.88. The molecule has 5 aliphatic heterocycles. The predicted molar refractivity (Wildman–Crippen MR) is 164 cm³/mol. The van der Waals surface area contributed by atoms with Crippen LogP contribution in [0.3, 0.4) is 0 Å². The number of hydrogen-bond acceptors (Lipinski definition) is 8. The Hall–Kier alpha value is -1.95. The van der Waals surface area contributed by atoms with E-state index in [0.717, 1.165) is 68.4 Å². The van der Waals surface area contributed by atoms with Crippen LogP contribution in [0.15, 0.2) is 18.2 Å². The number of piperazine rings is 1. The van der Waals surface area contributed by atoms with Gasteiger partial charge in [0.1, 0.15) is 6.04 Å². The van der Waals surface area contributed by atoms with E-state index in [9.17, 15) is 19.2 Å². The van der Waals surface area contributed by atoms with Gasteiger partial charge in [0.2, 0.25) is 11.8 Å². The molecule has 4 amide bonds. The molecular weight excluding hydrogens is 591 g/mol. The Labute approximate surface area is 260 Å². The van der Waals surface area contributed by atoms with Crippen LogP contribution in [0.5, 0.6) is 0 Å². The fraction of sp³-hybridized carbons (Fsp3) is 0.643. The molecule has 5 heterocycles. The van der Waals surface area contributed by atoms with Gasteiger partial charge in [-0.15, -0.1) is 37.2 Å². The Morgan fingerprint density at radius 3 is 2.07 bits per heavy atom. The minimum Gasteiger partial charge on any atom is -0.369 e. The number of nitrogens with one attached hydrogen (secondary N) is 2. The number of fused-ring (bicyclic) bond motifs is 1. The topological polar surface area (TPSA) is 105 Å². The van der Waals surface area contributed by atoms with Crippen molar-refractivity contribution >= 4 is 66.5 Å². The first-order chi connectivity index (χ1) is 18.5. The van der Waals surface area contributed by atoms with Gasteiger partial charge >= 0.3 is 0 Å². The van der Waals surface area contributed by atoms with Crippen molar-refractivity contribution in [3.05, 3.63) is 29.3 Å². The highest BCUT2D eigenvalue weighted by molar-refractivity contribution is 6.23. The quantitative estimate of drug-likeness (QED) is 0.476. The molecule has 41 heavy (non-hydrogen) atoms. The van der Waals surface area contributed by atoms with E-state index in [1.165, 1.54) is 38.8 Å². The number of amides is 4. The van der Waals surface area contributed by atoms with Crippen LogP contribution in [0.4, 0.5) is 5.69 Å². The Kier molecular flexibility index (Phi) is 11.9. The summed E-state index contributed by atoms with van der Waals surface area (Å²) < 4.78 is 0. The number of likely N-dealkylation sites (tertiary alicyclic amines) is 1. The highest BCUT2D eigenvalue weighted by Crippen LogP contribution is 2.31. The van der Waals surface area contributed by atoms with Crippen LogP contribution in [-0.2, 0) is 9.59 Å². The number of rotatable bonds is 5. The van der Waals surface area contributed by atoms with Crippen molar-refractivity contribution in [3.63, 3.8) is 0 Å². The van der Waals surface area contributed by atoms with Crippen LogP contribution in [0.2, 0.25) is 0 Å². The predicted octanol–water partition coefficient (Wildman–Crippen LogP) is 1.94. The van der Waals surface area contributed by atoms with Crippen molar-refractivity contribution < 1.29 is 19.2 Å². The van der Waals surface area contributed by atoms with Gasteiger partial charge in [0, 0.05) is 50.9 Å². The molecule has 4 fully saturated rings. The summed E-state index contributed by atoms with van der Waals surface area (Å²) in [6.45, 7) is 9.66. The third-order valence-electron chi connectivity index (χ3n) is 9.15. The summed E-state index contributed by atoms with van der Waals surface area (Å²) in [6.07, 6.45) is 5.43. The molecule has 0 saturated carbocycles. The molecule has 2 N–H and O–H groups in total. The summed E-state index contributed by atoms with van der Waals surface area (Å²) in [5.41, 5.74) is 1.61. The molecule has 1 unspecified atom stereocenters. The number of piperidine rings is 3. The third kappa shape index (κ3) is 7.00. The largest absolute Gasteiger partial charge is 0.369 e. The molecule has 5 aliphatic rings. The zero-order chi connectivity index (χ0) is 26.2.